The molecule has 28 heavy (non-hydrogen) atoms. The Balaban J connectivity index is 1.56. The van der Waals surface area contributed by atoms with Gasteiger partial charge in [0, 0.05) is 24.9 Å². The van der Waals surface area contributed by atoms with E-state index in [4.69, 9.17) is 9.15 Å². The third-order valence-corrected chi connectivity index (χ3v) is 4.84. The van der Waals surface area contributed by atoms with Crippen molar-refractivity contribution in [3.8, 4) is 0 Å². The van der Waals surface area contributed by atoms with E-state index in [1.54, 1.807) is 11.0 Å². The van der Waals surface area contributed by atoms with Crippen LogP contribution in [0.15, 0.2) is 59.0 Å². The minimum Gasteiger partial charge on any atom is -0.449 e. The van der Waals surface area contributed by atoms with Crippen LogP contribution in [0.4, 0.5) is 5.69 Å². The first-order chi connectivity index (χ1) is 13.7. The number of para-hydroxylation sites is 1. The van der Waals surface area contributed by atoms with Crippen molar-refractivity contribution in [1.29, 1.82) is 0 Å². The number of amides is 2. The van der Waals surface area contributed by atoms with Crippen molar-refractivity contribution in [2.45, 2.75) is 12.8 Å². The molecule has 1 aliphatic heterocycles. The van der Waals surface area contributed by atoms with Crippen molar-refractivity contribution >= 4 is 28.5 Å². The Morgan fingerprint density at radius 3 is 2.46 bits per heavy atom. The number of rotatable bonds is 5. The van der Waals surface area contributed by atoms with Gasteiger partial charge in [0.15, 0.2) is 0 Å². The molecule has 0 saturated carbocycles. The number of hydrogen-bond acceptors (Lipinski definition) is 4. The minimum atomic E-state index is -0.224. The number of aryl methyl sites for hydroxylation is 1. The molecule has 0 aliphatic carbocycles. The highest BCUT2D eigenvalue weighted by Crippen LogP contribution is 2.32. The second-order valence-electron chi connectivity index (χ2n) is 6.74. The normalized spacial score (nSPS) is 14.2. The average Bonchev–Trinajstić information content (AvgIpc) is 3.11. The van der Waals surface area contributed by atoms with E-state index >= 15 is 0 Å². The molecule has 0 bridgehead atoms. The van der Waals surface area contributed by atoms with E-state index in [0.29, 0.717) is 50.4 Å². The van der Waals surface area contributed by atoms with Crippen LogP contribution in [-0.2, 0) is 16.0 Å². The number of benzene rings is 2. The molecule has 1 fully saturated rings. The van der Waals surface area contributed by atoms with Crippen LogP contribution < -0.4 is 5.32 Å². The predicted molar refractivity (Wildman–Crippen MR) is 106 cm³/mol. The van der Waals surface area contributed by atoms with Crippen molar-refractivity contribution < 1.29 is 18.7 Å². The predicted octanol–water partition coefficient (Wildman–Crippen LogP) is 3.48. The summed E-state index contributed by atoms with van der Waals surface area (Å²) in [6.07, 6.45) is 0.962. The Hall–Kier alpha value is -3.12. The van der Waals surface area contributed by atoms with Gasteiger partial charge in [-0.15, -0.1) is 0 Å². The molecular weight excluding hydrogens is 356 g/mol. The minimum absolute atomic E-state index is 0.147. The highest BCUT2D eigenvalue weighted by Gasteiger charge is 2.27. The lowest BCUT2D eigenvalue weighted by molar-refractivity contribution is -0.116. The van der Waals surface area contributed by atoms with Crippen molar-refractivity contribution in [3.63, 3.8) is 0 Å². The Morgan fingerprint density at radius 1 is 0.964 bits per heavy atom. The number of carbonyl (C=O) groups is 2. The maximum atomic E-state index is 13.0. The van der Waals surface area contributed by atoms with Crippen LogP contribution in [0, 0.1) is 0 Å². The smallest absolute Gasteiger partial charge is 0.291 e. The number of ether oxygens (including phenoxy) is 1. The van der Waals surface area contributed by atoms with Gasteiger partial charge in [0.1, 0.15) is 11.3 Å². The lowest BCUT2D eigenvalue weighted by atomic mass is 10.1. The molecule has 1 aromatic heterocycles. The fourth-order valence-corrected chi connectivity index (χ4v) is 3.33. The van der Waals surface area contributed by atoms with Crippen LogP contribution in [0.25, 0.3) is 11.0 Å². The largest absolute Gasteiger partial charge is 0.449 e. The molecule has 6 nitrogen and oxygen atoms in total. The number of nitrogens with one attached hydrogen (secondary N) is 1. The van der Waals surface area contributed by atoms with Crippen LogP contribution >= 0.6 is 0 Å². The van der Waals surface area contributed by atoms with Gasteiger partial charge in [0.05, 0.1) is 13.2 Å². The van der Waals surface area contributed by atoms with Crippen molar-refractivity contribution in [3.05, 3.63) is 65.9 Å². The van der Waals surface area contributed by atoms with E-state index in [0.717, 1.165) is 10.9 Å². The van der Waals surface area contributed by atoms with Crippen LogP contribution in [-0.4, -0.2) is 43.0 Å². The van der Waals surface area contributed by atoms with Crippen molar-refractivity contribution in [2.75, 3.05) is 31.6 Å². The van der Waals surface area contributed by atoms with Crippen molar-refractivity contribution in [2.24, 2.45) is 0 Å². The topological polar surface area (TPSA) is 71.8 Å². The summed E-state index contributed by atoms with van der Waals surface area (Å²) in [4.78, 5) is 27.3. The molecule has 0 radical (unpaired) electrons. The van der Waals surface area contributed by atoms with Gasteiger partial charge < -0.3 is 19.4 Å². The van der Waals surface area contributed by atoms with E-state index in [2.05, 4.69) is 5.32 Å². The summed E-state index contributed by atoms with van der Waals surface area (Å²) in [5, 5.41) is 3.64. The molecule has 3 aromatic rings. The van der Waals surface area contributed by atoms with E-state index in [1.165, 1.54) is 0 Å². The molecule has 0 unspecified atom stereocenters. The molecular formula is C22H22N2O4. The summed E-state index contributed by atoms with van der Waals surface area (Å²) in [6, 6.07) is 17.2. The van der Waals surface area contributed by atoms with Gasteiger partial charge in [-0.25, -0.2) is 0 Å². The fraction of sp³-hybridized carbons (Fsp3) is 0.273. The Labute approximate surface area is 163 Å². The third-order valence-electron chi connectivity index (χ3n) is 4.84. The van der Waals surface area contributed by atoms with E-state index < -0.39 is 0 Å². The number of anilines is 1. The lowest BCUT2D eigenvalue weighted by Gasteiger charge is -2.26. The van der Waals surface area contributed by atoms with Gasteiger partial charge in [-0.05, 0) is 24.1 Å². The zero-order valence-corrected chi connectivity index (χ0v) is 15.5. The number of nitrogens with zero attached hydrogens (tertiary/aromatic N) is 1. The van der Waals surface area contributed by atoms with E-state index in [-0.39, 0.29) is 17.6 Å². The molecule has 144 valence electrons. The number of furan rings is 1. The molecule has 0 spiro atoms. The highest BCUT2D eigenvalue weighted by atomic mass is 16.5. The van der Waals surface area contributed by atoms with Crippen molar-refractivity contribution in [1.82, 2.24) is 4.90 Å². The van der Waals surface area contributed by atoms with Crippen LogP contribution in [0.5, 0.6) is 0 Å². The first kappa shape index (κ1) is 18.3. The zero-order valence-electron chi connectivity index (χ0n) is 15.5. The van der Waals surface area contributed by atoms with Gasteiger partial charge in [0.2, 0.25) is 11.7 Å². The molecule has 1 N–H and O–H groups in total. The summed E-state index contributed by atoms with van der Waals surface area (Å²) in [6.45, 7) is 2.03. The third kappa shape index (κ3) is 3.92. The molecule has 1 saturated heterocycles. The lowest BCUT2D eigenvalue weighted by Crippen LogP contribution is -2.40. The molecule has 4 rings (SSSR count). The zero-order chi connectivity index (χ0) is 19.3. The first-order valence-electron chi connectivity index (χ1n) is 9.45. The van der Waals surface area contributed by atoms with Crippen LogP contribution in [0.3, 0.4) is 0 Å². The Bertz CT molecular complexity index is 975. The highest BCUT2D eigenvalue weighted by molar-refractivity contribution is 6.10. The van der Waals surface area contributed by atoms with Gasteiger partial charge >= 0.3 is 0 Å². The summed E-state index contributed by atoms with van der Waals surface area (Å²) in [7, 11) is 0. The Morgan fingerprint density at radius 2 is 1.68 bits per heavy atom. The van der Waals surface area contributed by atoms with E-state index in [1.807, 2.05) is 48.5 Å². The molecule has 2 aromatic carbocycles. The molecule has 0 atom stereocenters. The summed E-state index contributed by atoms with van der Waals surface area (Å²) < 4.78 is 11.2. The first-order valence-corrected chi connectivity index (χ1v) is 9.45. The average molecular weight is 378 g/mol. The number of fused-ring (bicyclic) bond motifs is 1. The fourth-order valence-electron chi connectivity index (χ4n) is 3.33. The second-order valence-corrected chi connectivity index (χ2v) is 6.74. The molecule has 6 heteroatoms. The summed E-state index contributed by atoms with van der Waals surface area (Å²) in [5.41, 5.74) is 2.13. The maximum Gasteiger partial charge on any atom is 0.291 e. The van der Waals surface area contributed by atoms with Gasteiger partial charge in [-0.1, -0.05) is 42.5 Å². The van der Waals surface area contributed by atoms with Crippen LogP contribution in [0.2, 0.25) is 0 Å². The monoisotopic (exact) mass is 378 g/mol. The van der Waals surface area contributed by atoms with E-state index in [9.17, 15) is 9.59 Å². The number of carbonyl (C=O) groups excluding carboxylic acids is 2. The number of morpholine rings is 1. The SMILES string of the molecule is O=C(CCc1ccccc1)Nc1c(C(=O)N2CCOCC2)oc2ccccc12. The Kier molecular flexibility index (Phi) is 5.39. The molecule has 1 aliphatic rings. The quantitative estimate of drug-likeness (QED) is 0.738. The van der Waals surface area contributed by atoms with Gasteiger partial charge in [-0.2, -0.15) is 0 Å². The molecule has 2 amide bonds. The standard InChI is InChI=1S/C22H22N2O4/c25-19(11-10-16-6-2-1-3-7-16)23-20-17-8-4-5-9-18(17)28-21(20)22(26)24-12-14-27-15-13-24/h1-9H,10-15H2,(H,23,25). The van der Waals surface area contributed by atoms with Gasteiger partial charge in [0.25, 0.3) is 5.91 Å². The van der Waals surface area contributed by atoms with Gasteiger partial charge in [-0.3, -0.25) is 9.59 Å². The summed E-state index contributed by atoms with van der Waals surface area (Å²) in [5.74, 6) is -0.194. The molecule has 2 heterocycles. The van der Waals surface area contributed by atoms with Crippen LogP contribution in [0.1, 0.15) is 22.5 Å². The number of hydrogen-bond donors (Lipinski definition) is 1. The second kappa shape index (κ2) is 8.27. The summed E-state index contributed by atoms with van der Waals surface area (Å²) >= 11 is 0. The maximum absolute atomic E-state index is 13.0.